The molecule has 7 nitrogen and oxygen atoms in total. The number of halogens is 1. The Morgan fingerprint density at radius 1 is 1.15 bits per heavy atom. The average molecular weight is 493 g/mol. The maximum absolute atomic E-state index is 12.4. The van der Waals surface area contributed by atoms with E-state index in [9.17, 15) is 9.90 Å². The molecule has 9 heteroatoms. The number of amides is 1. The summed E-state index contributed by atoms with van der Waals surface area (Å²) in [6.45, 7) is 2.26. The monoisotopic (exact) mass is 492 g/mol. The molecule has 4 aromatic rings. The average Bonchev–Trinajstić information content (AvgIpc) is 3.31. The van der Waals surface area contributed by atoms with E-state index in [2.05, 4.69) is 20.8 Å². The zero-order chi connectivity index (χ0) is 23.9. The van der Waals surface area contributed by atoms with Crippen molar-refractivity contribution < 1.29 is 14.6 Å². The molecule has 0 aliphatic carbocycles. The number of hydrogen-bond donors (Lipinski definition) is 3. The molecule has 4 rings (SSSR count). The van der Waals surface area contributed by atoms with Crippen LogP contribution in [0.3, 0.4) is 0 Å². The second kappa shape index (κ2) is 10.8. The number of phenols is 1. The summed E-state index contributed by atoms with van der Waals surface area (Å²) in [6.07, 6.45) is 1.48. The fourth-order valence-electron chi connectivity index (χ4n) is 3.02. The van der Waals surface area contributed by atoms with Crippen LogP contribution in [0.25, 0.3) is 11.3 Å². The number of benzene rings is 3. The predicted molar refractivity (Wildman–Crippen MR) is 137 cm³/mol. The lowest BCUT2D eigenvalue weighted by molar-refractivity contribution is 0.0955. The molecule has 34 heavy (non-hydrogen) atoms. The Labute approximate surface area is 205 Å². The van der Waals surface area contributed by atoms with Crippen LogP contribution in [-0.4, -0.2) is 28.8 Å². The molecule has 0 fully saturated rings. The van der Waals surface area contributed by atoms with E-state index in [1.807, 2.05) is 48.7 Å². The smallest absolute Gasteiger partial charge is 0.271 e. The Balaban J connectivity index is 1.36. The van der Waals surface area contributed by atoms with Crippen molar-refractivity contribution in [2.24, 2.45) is 5.10 Å². The Hall–Kier alpha value is -3.88. The lowest BCUT2D eigenvalue weighted by atomic mass is 10.1. The standard InChI is InChI=1S/C25H21ClN4O3S/c1-2-33-23-13-16(3-12-22(23)31)14-27-30-24(32)18-6-4-17(5-7-18)21-15-34-25(29-21)28-20-10-8-19(26)9-11-20/h3-15,31H,2H2,1H3,(H,28,29)(H,30,32)/b27-14-. The van der Waals surface area contributed by atoms with Gasteiger partial charge in [-0.05, 0) is 67.1 Å². The lowest BCUT2D eigenvalue weighted by Crippen LogP contribution is -2.17. The molecule has 1 amide bonds. The largest absolute Gasteiger partial charge is 0.504 e. The molecule has 172 valence electrons. The third-order valence-electron chi connectivity index (χ3n) is 4.71. The summed E-state index contributed by atoms with van der Waals surface area (Å²) in [5, 5.41) is 20.4. The van der Waals surface area contributed by atoms with E-state index in [1.54, 1.807) is 24.3 Å². The number of carbonyl (C=O) groups excluding carboxylic acids is 1. The maximum Gasteiger partial charge on any atom is 0.271 e. The zero-order valence-electron chi connectivity index (χ0n) is 18.2. The molecule has 0 bridgehead atoms. The van der Waals surface area contributed by atoms with Crippen molar-refractivity contribution in [2.75, 3.05) is 11.9 Å². The number of rotatable bonds is 8. The van der Waals surface area contributed by atoms with Crippen LogP contribution >= 0.6 is 22.9 Å². The van der Waals surface area contributed by atoms with Gasteiger partial charge in [0.05, 0.1) is 18.5 Å². The molecular formula is C25H21ClN4O3S. The van der Waals surface area contributed by atoms with Crippen LogP contribution < -0.4 is 15.5 Å². The van der Waals surface area contributed by atoms with E-state index < -0.39 is 0 Å². The van der Waals surface area contributed by atoms with Gasteiger partial charge in [0.25, 0.3) is 5.91 Å². The topological polar surface area (TPSA) is 95.8 Å². The van der Waals surface area contributed by atoms with Gasteiger partial charge in [-0.3, -0.25) is 4.79 Å². The molecule has 0 aliphatic rings. The van der Waals surface area contributed by atoms with Gasteiger partial charge in [0.1, 0.15) is 0 Å². The molecule has 1 aromatic heterocycles. The van der Waals surface area contributed by atoms with E-state index in [0.29, 0.717) is 28.5 Å². The first kappa shape index (κ1) is 23.3. The molecule has 0 radical (unpaired) electrons. The Morgan fingerprint density at radius 2 is 1.91 bits per heavy atom. The number of phenolic OH excluding ortho intramolecular Hbond substituents is 1. The van der Waals surface area contributed by atoms with Crippen molar-refractivity contribution >= 4 is 45.9 Å². The molecule has 3 aromatic carbocycles. The minimum absolute atomic E-state index is 0.0520. The summed E-state index contributed by atoms with van der Waals surface area (Å²) in [6, 6.07) is 19.4. The normalized spacial score (nSPS) is 10.9. The molecule has 0 spiro atoms. The lowest BCUT2D eigenvalue weighted by Gasteiger charge is -2.06. The van der Waals surface area contributed by atoms with Crippen LogP contribution in [0, 0.1) is 0 Å². The number of aromatic nitrogens is 1. The van der Waals surface area contributed by atoms with Crippen LogP contribution in [0.5, 0.6) is 11.5 Å². The molecular weight excluding hydrogens is 472 g/mol. The van der Waals surface area contributed by atoms with E-state index in [4.69, 9.17) is 16.3 Å². The fraction of sp³-hybridized carbons (Fsp3) is 0.0800. The van der Waals surface area contributed by atoms with Crippen LogP contribution in [0.1, 0.15) is 22.8 Å². The highest BCUT2D eigenvalue weighted by atomic mass is 35.5. The highest BCUT2D eigenvalue weighted by Gasteiger charge is 2.08. The Bertz CT molecular complexity index is 1300. The van der Waals surface area contributed by atoms with Crippen molar-refractivity contribution in [2.45, 2.75) is 6.92 Å². The van der Waals surface area contributed by atoms with Gasteiger partial charge in [-0.25, -0.2) is 10.4 Å². The highest BCUT2D eigenvalue weighted by Crippen LogP contribution is 2.28. The van der Waals surface area contributed by atoms with Crippen molar-refractivity contribution in [3.05, 3.63) is 88.3 Å². The molecule has 1 heterocycles. The number of hydrazone groups is 1. The third kappa shape index (κ3) is 5.92. The molecule has 0 aliphatic heterocycles. The van der Waals surface area contributed by atoms with Crippen molar-refractivity contribution in [3.8, 4) is 22.8 Å². The summed E-state index contributed by atoms with van der Waals surface area (Å²) >= 11 is 7.41. The third-order valence-corrected chi connectivity index (χ3v) is 5.72. The van der Waals surface area contributed by atoms with Gasteiger partial charge in [-0.2, -0.15) is 5.10 Å². The van der Waals surface area contributed by atoms with Crippen molar-refractivity contribution in [3.63, 3.8) is 0 Å². The SMILES string of the molecule is CCOc1cc(/C=N\NC(=O)c2ccc(-c3csc(Nc4ccc(Cl)cc4)n3)cc2)ccc1O. The van der Waals surface area contributed by atoms with E-state index in [0.717, 1.165) is 22.1 Å². The highest BCUT2D eigenvalue weighted by molar-refractivity contribution is 7.14. The molecule has 0 saturated carbocycles. The van der Waals surface area contributed by atoms with Gasteiger partial charge in [0.2, 0.25) is 0 Å². The molecule has 3 N–H and O–H groups in total. The Kier molecular flexibility index (Phi) is 7.41. The number of aromatic hydroxyl groups is 1. The quantitative estimate of drug-likeness (QED) is 0.205. The summed E-state index contributed by atoms with van der Waals surface area (Å²) < 4.78 is 5.34. The Morgan fingerprint density at radius 3 is 2.65 bits per heavy atom. The van der Waals surface area contributed by atoms with Gasteiger partial charge in [-0.1, -0.05) is 23.7 Å². The van der Waals surface area contributed by atoms with Crippen LogP contribution in [0.4, 0.5) is 10.8 Å². The number of hydrogen-bond acceptors (Lipinski definition) is 7. The summed E-state index contributed by atoms with van der Waals surface area (Å²) in [4.78, 5) is 17.0. The van der Waals surface area contributed by atoms with Gasteiger partial charge in [0, 0.05) is 27.2 Å². The number of thiazole rings is 1. The minimum Gasteiger partial charge on any atom is -0.504 e. The first-order chi connectivity index (χ1) is 16.5. The number of anilines is 2. The first-order valence-corrected chi connectivity index (χ1v) is 11.7. The van der Waals surface area contributed by atoms with Crippen molar-refractivity contribution in [1.82, 2.24) is 10.4 Å². The molecule has 0 atom stereocenters. The number of ether oxygens (including phenoxy) is 1. The van der Waals surface area contributed by atoms with E-state index in [1.165, 1.54) is 23.6 Å². The van der Waals surface area contributed by atoms with Crippen LogP contribution in [0.15, 0.2) is 77.2 Å². The maximum atomic E-state index is 12.4. The number of carbonyl (C=O) groups is 1. The summed E-state index contributed by atoms with van der Waals surface area (Å²) in [5.41, 5.74) is 6.26. The molecule has 0 unspecified atom stereocenters. The fourth-order valence-corrected chi connectivity index (χ4v) is 3.89. The van der Waals surface area contributed by atoms with Crippen LogP contribution in [0.2, 0.25) is 5.02 Å². The van der Waals surface area contributed by atoms with Crippen LogP contribution in [-0.2, 0) is 0 Å². The van der Waals surface area contributed by atoms with Gasteiger partial charge in [-0.15, -0.1) is 11.3 Å². The van der Waals surface area contributed by atoms with Gasteiger partial charge < -0.3 is 15.2 Å². The minimum atomic E-state index is -0.338. The van der Waals surface area contributed by atoms with Gasteiger partial charge >= 0.3 is 0 Å². The summed E-state index contributed by atoms with van der Waals surface area (Å²) in [7, 11) is 0. The molecule has 0 saturated heterocycles. The predicted octanol–water partition coefficient (Wildman–Crippen LogP) is 6.08. The van der Waals surface area contributed by atoms with E-state index >= 15 is 0 Å². The second-order valence-electron chi connectivity index (χ2n) is 7.11. The zero-order valence-corrected chi connectivity index (χ0v) is 19.7. The van der Waals surface area contributed by atoms with Crippen molar-refractivity contribution in [1.29, 1.82) is 0 Å². The number of nitrogens with zero attached hydrogens (tertiary/aromatic N) is 2. The number of nitrogens with one attached hydrogen (secondary N) is 2. The summed E-state index contributed by atoms with van der Waals surface area (Å²) in [5.74, 6) is 0.0769. The van der Waals surface area contributed by atoms with Gasteiger partial charge in [0.15, 0.2) is 16.6 Å². The second-order valence-corrected chi connectivity index (χ2v) is 8.40. The first-order valence-electron chi connectivity index (χ1n) is 10.4. The van der Waals surface area contributed by atoms with E-state index in [-0.39, 0.29) is 11.7 Å².